The van der Waals surface area contributed by atoms with Crippen LogP contribution in [-0.2, 0) is 9.84 Å². The lowest BCUT2D eigenvalue weighted by Gasteiger charge is -2.01. The Bertz CT molecular complexity index is 794. The SMILES string of the molecule is O=S(=O)(c1ccccc1)c1c[nH]c2cncnc12. The van der Waals surface area contributed by atoms with E-state index in [0.29, 0.717) is 11.0 Å². The van der Waals surface area contributed by atoms with Crippen LogP contribution in [0.5, 0.6) is 0 Å². The summed E-state index contributed by atoms with van der Waals surface area (Å²) in [6.45, 7) is 0. The molecule has 1 N–H and O–H groups in total. The van der Waals surface area contributed by atoms with Crippen LogP contribution >= 0.6 is 0 Å². The molecule has 0 aliphatic carbocycles. The molecule has 18 heavy (non-hydrogen) atoms. The van der Waals surface area contributed by atoms with E-state index in [2.05, 4.69) is 15.0 Å². The van der Waals surface area contributed by atoms with Gasteiger partial charge in [0, 0.05) is 6.20 Å². The fraction of sp³-hybridized carbons (Fsp3) is 0. The number of benzene rings is 1. The third kappa shape index (κ3) is 1.58. The minimum atomic E-state index is -3.54. The molecule has 0 saturated heterocycles. The van der Waals surface area contributed by atoms with Gasteiger partial charge in [0.1, 0.15) is 16.7 Å². The van der Waals surface area contributed by atoms with Crippen LogP contribution in [0.15, 0.2) is 58.8 Å². The number of fused-ring (bicyclic) bond motifs is 1. The first-order valence-corrected chi connectivity index (χ1v) is 6.75. The van der Waals surface area contributed by atoms with Crippen LogP contribution in [0.3, 0.4) is 0 Å². The average molecular weight is 259 g/mol. The van der Waals surface area contributed by atoms with Crippen molar-refractivity contribution in [2.75, 3.05) is 0 Å². The van der Waals surface area contributed by atoms with Crippen LogP contribution in [0.1, 0.15) is 0 Å². The number of nitrogens with zero attached hydrogens (tertiary/aromatic N) is 2. The van der Waals surface area contributed by atoms with Crippen LogP contribution in [0.2, 0.25) is 0 Å². The molecule has 2 aromatic heterocycles. The lowest BCUT2D eigenvalue weighted by atomic mass is 10.4. The number of hydrogen-bond acceptors (Lipinski definition) is 4. The molecule has 0 amide bonds. The molecule has 0 saturated carbocycles. The van der Waals surface area contributed by atoms with Crippen molar-refractivity contribution >= 4 is 20.9 Å². The molecule has 0 unspecified atom stereocenters. The first kappa shape index (κ1) is 10.9. The number of aromatic nitrogens is 3. The largest absolute Gasteiger partial charge is 0.357 e. The summed E-state index contributed by atoms with van der Waals surface area (Å²) in [5, 5.41) is 0. The van der Waals surface area contributed by atoms with Crippen LogP contribution < -0.4 is 0 Å². The Hall–Kier alpha value is -2.21. The van der Waals surface area contributed by atoms with E-state index >= 15 is 0 Å². The average Bonchev–Trinajstić information content (AvgIpc) is 2.84. The molecule has 5 nitrogen and oxygen atoms in total. The van der Waals surface area contributed by atoms with Gasteiger partial charge in [0.15, 0.2) is 0 Å². The zero-order valence-corrected chi connectivity index (χ0v) is 10.1. The molecule has 0 bridgehead atoms. The highest BCUT2D eigenvalue weighted by Gasteiger charge is 2.22. The minimum Gasteiger partial charge on any atom is -0.357 e. The monoisotopic (exact) mass is 259 g/mol. The van der Waals surface area contributed by atoms with E-state index < -0.39 is 9.84 Å². The molecule has 2 heterocycles. The van der Waals surface area contributed by atoms with Gasteiger partial charge >= 0.3 is 0 Å². The van der Waals surface area contributed by atoms with E-state index in [0.717, 1.165) is 0 Å². The molecule has 0 radical (unpaired) electrons. The van der Waals surface area contributed by atoms with E-state index in [1.54, 1.807) is 36.5 Å². The van der Waals surface area contributed by atoms with Crippen LogP contribution in [0.4, 0.5) is 0 Å². The predicted molar refractivity (Wildman–Crippen MR) is 65.8 cm³/mol. The summed E-state index contributed by atoms with van der Waals surface area (Å²) in [6, 6.07) is 8.29. The highest BCUT2D eigenvalue weighted by Crippen LogP contribution is 2.25. The van der Waals surface area contributed by atoms with Crippen molar-refractivity contribution in [3.8, 4) is 0 Å². The molecule has 3 aromatic rings. The standard InChI is InChI=1S/C12H9N3O2S/c16-18(17,9-4-2-1-3-5-9)11-7-14-10-6-13-8-15-12(10)11/h1-8,14H. The number of hydrogen-bond donors (Lipinski definition) is 1. The normalized spacial score (nSPS) is 11.8. The topological polar surface area (TPSA) is 75.7 Å². The molecule has 0 spiro atoms. The maximum atomic E-state index is 12.4. The lowest BCUT2D eigenvalue weighted by molar-refractivity contribution is 0.597. The molecule has 1 aromatic carbocycles. The van der Waals surface area contributed by atoms with Crippen LogP contribution in [0, 0.1) is 0 Å². The molecule has 3 rings (SSSR count). The number of nitrogens with one attached hydrogen (secondary N) is 1. The van der Waals surface area contributed by atoms with E-state index in [1.165, 1.54) is 12.5 Å². The molecule has 0 aliphatic heterocycles. The van der Waals surface area contributed by atoms with Crippen molar-refractivity contribution in [1.82, 2.24) is 15.0 Å². The summed E-state index contributed by atoms with van der Waals surface area (Å²) in [7, 11) is -3.54. The van der Waals surface area contributed by atoms with Crippen molar-refractivity contribution in [1.29, 1.82) is 0 Å². The van der Waals surface area contributed by atoms with Gasteiger partial charge < -0.3 is 4.98 Å². The third-order valence-electron chi connectivity index (χ3n) is 2.65. The second-order valence-electron chi connectivity index (χ2n) is 3.75. The maximum Gasteiger partial charge on any atom is 0.210 e. The Balaban J connectivity index is 2.27. The smallest absolute Gasteiger partial charge is 0.210 e. The van der Waals surface area contributed by atoms with E-state index in [4.69, 9.17) is 0 Å². The molecule has 0 fully saturated rings. The van der Waals surface area contributed by atoms with E-state index in [1.807, 2.05) is 0 Å². The number of sulfone groups is 1. The molecular weight excluding hydrogens is 250 g/mol. The summed E-state index contributed by atoms with van der Waals surface area (Å²) >= 11 is 0. The van der Waals surface area contributed by atoms with Gasteiger partial charge in [-0.2, -0.15) is 0 Å². The Morgan fingerprint density at radius 3 is 2.67 bits per heavy atom. The highest BCUT2D eigenvalue weighted by molar-refractivity contribution is 7.91. The van der Waals surface area contributed by atoms with Crippen LogP contribution in [0.25, 0.3) is 11.0 Å². The second-order valence-corrected chi connectivity index (χ2v) is 5.67. The fourth-order valence-corrected chi connectivity index (χ4v) is 3.18. The minimum absolute atomic E-state index is 0.172. The van der Waals surface area contributed by atoms with Crippen molar-refractivity contribution in [3.63, 3.8) is 0 Å². The van der Waals surface area contributed by atoms with Crippen molar-refractivity contribution in [2.24, 2.45) is 0 Å². The molecule has 0 aliphatic rings. The Kier molecular flexibility index (Phi) is 2.38. The summed E-state index contributed by atoms with van der Waals surface area (Å²) in [5.74, 6) is 0. The quantitative estimate of drug-likeness (QED) is 0.761. The van der Waals surface area contributed by atoms with Crippen molar-refractivity contribution in [3.05, 3.63) is 49.1 Å². The molecule has 6 heteroatoms. The second kappa shape index (κ2) is 3.92. The molecule has 90 valence electrons. The number of H-pyrrole nitrogens is 1. The predicted octanol–water partition coefficient (Wildman–Crippen LogP) is 1.79. The maximum absolute atomic E-state index is 12.4. The third-order valence-corrected chi connectivity index (χ3v) is 4.43. The zero-order chi connectivity index (χ0) is 12.6. The van der Waals surface area contributed by atoms with E-state index in [-0.39, 0.29) is 9.79 Å². The van der Waals surface area contributed by atoms with Gasteiger partial charge in [-0.1, -0.05) is 18.2 Å². The number of aromatic amines is 1. The summed E-state index contributed by atoms with van der Waals surface area (Å²) < 4.78 is 24.9. The Labute approximate surface area is 103 Å². The van der Waals surface area contributed by atoms with Gasteiger partial charge in [-0.05, 0) is 12.1 Å². The first-order valence-electron chi connectivity index (χ1n) is 5.27. The van der Waals surface area contributed by atoms with Crippen molar-refractivity contribution in [2.45, 2.75) is 9.79 Å². The number of rotatable bonds is 2. The zero-order valence-electron chi connectivity index (χ0n) is 9.24. The molecule has 0 atom stereocenters. The summed E-state index contributed by atoms with van der Waals surface area (Å²) in [5.41, 5.74) is 1.01. The fourth-order valence-electron chi connectivity index (χ4n) is 1.77. The molecular formula is C12H9N3O2S. The van der Waals surface area contributed by atoms with Crippen molar-refractivity contribution < 1.29 is 8.42 Å². The summed E-state index contributed by atoms with van der Waals surface area (Å²) in [6.07, 6.45) is 4.33. The Morgan fingerprint density at radius 2 is 1.89 bits per heavy atom. The van der Waals surface area contributed by atoms with Gasteiger partial charge in [-0.3, -0.25) is 0 Å². The van der Waals surface area contributed by atoms with Gasteiger partial charge in [0.2, 0.25) is 9.84 Å². The van der Waals surface area contributed by atoms with Crippen LogP contribution in [-0.4, -0.2) is 23.4 Å². The first-order chi connectivity index (χ1) is 8.69. The van der Waals surface area contributed by atoms with Gasteiger partial charge in [0.05, 0.1) is 16.6 Å². The lowest BCUT2D eigenvalue weighted by Crippen LogP contribution is -2.01. The highest BCUT2D eigenvalue weighted by atomic mass is 32.2. The van der Waals surface area contributed by atoms with Gasteiger partial charge in [0.25, 0.3) is 0 Å². The Morgan fingerprint density at radius 1 is 1.11 bits per heavy atom. The van der Waals surface area contributed by atoms with Gasteiger partial charge in [-0.25, -0.2) is 18.4 Å². The van der Waals surface area contributed by atoms with Gasteiger partial charge in [-0.15, -0.1) is 0 Å². The summed E-state index contributed by atoms with van der Waals surface area (Å²) in [4.78, 5) is 11.1. The van der Waals surface area contributed by atoms with E-state index in [9.17, 15) is 8.42 Å².